The lowest BCUT2D eigenvalue weighted by Crippen LogP contribution is -2.14. The second-order valence-electron chi connectivity index (χ2n) is 6.00. The van der Waals surface area contributed by atoms with E-state index in [1.54, 1.807) is 24.3 Å². The van der Waals surface area contributed by atoms with Gasteiger partial charge >= 0.3 is 0 Å². The molecule has 2 aromatic carbocycles. The minimum atomic E-state index is -0.469. The second-order valence-corrected chi connectivity index (χ2v) is 6.00. The van der Waals surface area contributed by atoms with Crippen LogP contribution in [0.15, 0.2) is 60.3 Å². The number of rotatable bonds is 7. The van der Waals surface area contributed by atoms with Gasteiger partial charge in [-0.1, -0.05) is 26.0 Å². The van der Waals surface area contributed by atoms with Gasteiger partial charge in [-0.2, -0.15) is 5.26 Å². The first-order valence-electron chi connectivity index (χ1n) is 8.54. The number of carbonyl (C=O) groups is 1. The fourth-order valence-corrected chi connectivity index (χ4v) is 2.27. The van der Waals surface area contributed by atoms with Crippen LogP contribution in [-0.2, 0) is 4.79 Å². The van der Waals surface area contributed by atoms with Gasteiger partial charge in [0.15, 0.2) is 0 Å². The van der Waals surface area contributed by atoms with Crippen molar-refractivity contribution in [2.45, 2.75) is 26.7 Å². The molecule has 0 saturated carbocycles. The number of anilines is 2. The first-order chi connectivity index (χ1) is 12.5. The van der Waals surface area contributed by atoms with E-state index in [2.05, 4.69) is 24.5 Å². The Morgan fingerprint density at radius 1 is 1.12 bits per heavy atom. The third-order valence-electron chi connectivity index (χ3n) is 3.75. The largest absolute Gasteiger partial charge is 0.494 e. The number of amides is 1. The van der Waals surface area contributed by atoms with Crippen LogP contribution >= 0.6 is 0 Å². The van der Waals surface area contributed by atoms with Crippen molar-refractivity contribution in [3.8, 4) is 11.8 Å². The molecule has 0 saturated heterocycles. The number of nitriles is 1. The highest BCUT2D eigenvalue weighted by Crippen LogP contribution is 2.18. The van der Waals surface area contributed by atoms with Crippen LogP contribution in [0.25, 0.3) is 0 Å². The average Bonchev–Trinajstić information content (AvgIpc) is 2.64. The molecular formula is C21H23N3O2. The van der Waals surface area contributed by atoms with E-state index in [0.29, 0.717) is 18.2 Å². The van der Waals surface area contributed by atoms with E-state index in [-0.39, 0.29) is 5.57 Å². The zero-order chi connectivity index (χ0) is 18.9. The summed E-state index contributed by atoms with van der Waals surface area (Å²) in [5.41, 5.74) is 2.64. The van der Waals surface area contributed by atoms with Crippen molar-refractivity contribution in [2.75, 3.05) is 17.2 Å². The van der Waals surface area contributed by atoms with E-state index < -0.39 is 5.91 Å². The van der Waals surface area contributed by atoms with Crippen molar-refractivity contribution in [3.05, 3.63) is 65.9 Å². The van der Waals surface area contributed by atoms with Crippen LogP contribution in [0.3, 0.4) is 0 Å². The topological polar surface area (TPSA) is 74.1 Å². The lowest BCUT2D eigenvalue weighted by atomic mass is 10.0. The molecule has 0 spiro atoms. The Balaban J connectivity index is 2.01. The van der Waals surface area contributed by atoms with Gasteiger partial charge in [0.1, 0.15) is 17.4 Å². The minimum absolute atomic E-state index is 0.00757. The summed E-state index contributed by atoms with van der Waals surface area (Å²) in [5, 5.41) is 14.9. The van der Waals surface area contributed by atoms with Crippen LogP contribution in [0.5, 0.6) is 5.75 Å². The number of benzene rings is 2. The van der Waals surface area contributed by atoms with Gasteiger partial charge in [0.25, 0.3) is 5.91 Å². The Kier molecular flexibility index (Phi) is 6.81. The van der Waals surface area contributed by atoms with Crippen molar-refractivity contribution in [2.24, 2.45) is 0 Å². The molecule has 5 heteroatoms. The average molecular weight is 349 g/mol. The minimum Gasteiger partial charge on any atom is -0.494 e. The molecule has 1 amide bonds. The third-order valence-corrected chi connectivity index (χ3v) is 3.75. The molecule has 0 heterocycles. The second kappa shape index (κ2) is 9.28. The Morgan fingerprint density at radius 2 is 1.73 bits per heavy atom. The summed E-state index contributed by atoms with van der Waals surface area (Å²) in [6.45, 7) is 6.74. The van der Waals surface area contributed by atoms with Gasteiger partial charge in [-0.05, 0) is 54.8 Å². The van der Waals surface area contributed by atoms with E-state index in [4.69, 9.17) is 4.74 Å². The molecule has 0 aliphatic carbocycles. The van der Waals surface area contributed by atoms with Crippen molar-refractivity contribution in [1.82, 2.24) is 0 Å². The van der Waals surface area contributed by atoms with Crippen LogP contribution in [0.1, 0.15) is 32.3 Å². The van der Waals surface area contributed by atoms with Gasteiger partial charge in [-0.3, -0.25) is 4.79 Å². The molecule has 0 bridgehead atoms. The highest BCUT2D eigenvalue weighted by Gasteiger charge is 2.09. The molecule has 0 aliphatic rings. The Hall–Kier alpha value is -3.26. The van der Waals surface area contributed by atoms with Gasteiger partial charge < -0.3 is 15.4 Å². The summed E-state index contributed by atoms with van der Waals surface area (Å²) in [5.74, 6) is 0.713. The van der Waals surface area contributed by atoms with E-state index in [1.165, 1.54) is 11.8 Å². The zero-order valence-corrected chi connectivity index (χ0v) is 15.2. The predicted octanol–water partition coefficient (Wildman–Crippen LogP) is 4.67. The van der Waals surface area contributed by atoms with Crippen LogP contribution in [0.2, 0.25) is 0 Å². The fraction of sp³-hybridized carbons (Fsp3) is 0.238. The van der Waals surface area contributed by atoms with Gasteiger partial charge in [0.05, 0.1) is 6.61 Å². The van der Waals surface area contributed by atoms with Crippen LogP contribution < -0.4 is 15.4 Å². The van der Waals surface area contributed by atoms with Crippen LogP contribution in [0.4, 0.5) is 11.4 Å². The predicted molar refractivity (Wildman–Crippen MR) is 104 cm³/mol. The summed E-state index contributed by atoms with van der Waals surface area (Å²) in [4.78, 5) is 12.2. The zero-order valence-electron chi connectivity index (χ0n) is 15.2. The van der Waals surface area contributed by atoms with Crippen LogP contribution in [0, 0.1) is 11.3 Å². The summed E-state index contributed by atoms with van der Waals surface area (Å²) in [6, 6.07) is 16.8. The number of hydrogen-bond donors (Lipinski definition) is 2. The Morgan fingerprint density at radius 3 is 2.27 bits per heavy atom. The van der Waals surface area contributed by atoms with E-state index in [0.717, 1.165) is 11.4 Å². The molecule has 0 aliphatic heterocycles. The standard InChI is InChI=1S/C21H23N3O2/c1-4-26-20-11-9-19(10-12-20)24-21(25)17(13-22)14-23-18-7-5-16(6-8-18)15(2)3/h5-12,14-15,23H,4H2,1-3H3,(H,24,25)/b17-14-. The Bertz CT molecular complexity index is 801. The first kappa shape index (κ1) is 19.1. The monoisotopic (exact) mass is 349 g/mol. The maximum absolute atomic E-state index is 12.2. The number of carbonyl (C=O) groups excluding carboxylic acids is 1. The molecule has 2 N–H and O–H groups in total. The lowest BCUT2D eigenvalue weighted by molar-refractivity contribution is -0.112. The molecular weight excluding hydrogens is 326 g/mol. The normalized spacial score (nSPS) is 11.0. The Labute approximate surface area is 154 Å². The van der Waals surface area contributed by atoms with Crippen molar-refractivity contribution in [3.63, 3.8) is 0 Å². The van der Waals surface area contributed by atoms with Crippen molar-refractivity contribution >= 4 is 17.3 Å². The third kappa shape index (κ3) is 5.38. The van der Waals surface area contributed by atoms with E-state index >= 15 is 0 Å². The molecule has 134 valence electrons. The number of hydrogen-bond acceptors (Lipinski definition) is 4. The molecule has 5 nitrogen and oxygen atoms in total. The maximum atomic E-state index is 12.2. The molecule has 0 atom stereocenters. The summed E-state index contributed by atoms with van der Waals surface area (Å²) < 4.78 is 5.36. The smallest absolute Gasteiger partial charge is 0.267 e. The van der Waals surface area contributed by atoms with Crippen molar-refractivity contribution in [1.29, 1.82) is 5.26 Å². The molecule has 0 fully saturated rings. The molecule has 0 radical (unpaired) electrons. The number of nitrogens with zero attached hydrogens (tertiary/aromatic N) is 1. The SMILES string of the molecule is CCOc1ccc(NC(=O)/C(C#N)=C\Nc2ccc(C(C)C)cc2)cc1. The van der Waals surface area contributed by atoms with E-state index in [1.807, 2.05) is 37.3 Å². The molecule has 0 aromatic heterocycles. The fourth-order valence-electron chi connectivity index (χ4n) is 2.27. The summed E-state index contributed by atoms with van der Waals surface area (Å²) in [6.07, 6.45) is 1.41. The summed E-state index contributed by atoms with van der Waals surface area (Å²) in [7, 11) is 0. The number of nitrogens with one attached hydrogen (secondary N) is 2. The van der Waals surface area contributed by atoms with Gasteiger partial charge in [-0.15, -0.1) is 0 Å². The quantitative estimate of drug-likeness (QED) is 0.563. The highest BCUT2D eigenvalue weighted by molar-refractivity contribution is 6.06. The van der Waals surface area contributed by atoms with Crippen LogP contribution in [-0.4, -0.2) is 12.5 Å². The van der Waals surface area contributed by atoms with Gasteiger partial charge in [0.2, 0.25) is 0 Å². The highest BCUT2D eigenvalue weighted by atomic mass is 16.5. The molecule has 26 heavy (non-hydrogen) atoms. The van der Waals surface area contributed by atoms with Crippen molar-refractivity contribution < 1.29 is 9.53 Å². The van der Waals surface area contributed by atoms with Gasteiger partial charge in [-0.25, -0.2) is 0 Å². The lowest BCUT2D eigenvalue weighted by Gasteiger charge is -2.08. The maximum Gasteiger partial charge on any atom is 0.267 e. The number of ether oxygens (including phenoxy) is 1. The summed E-state index contributed by atoms with van der Waals surface area (Å²) >= 11 is 0. The molecule has 2 rings (SSSR count). The van der Waals surface area contributed by atoms with E-state index in [9.17, 15) is 10.1 Å². The molecule has 0 unspecified atom stereocenters. The first-order valence-corrected chi connectivity index (χ1v) is 8.54. The molecule has 2 aromatic rings. The van der Waals surface area contributed by atoms with Gasteiger partial charge in [0, 0.05) is 17.6 Å².